The number of hydrogen-bond donors (Lipinski definition) is 1. The highest BCUT2D eigenvalue weighted by molar-refractivity contribution is 6.02. The van der Waals surface area contributed by atoms with E-state index in [9.17, 15) is 9.59 Å². The standard InChI is InChI=1S/C16H18O4/c1-3-5-9-12(8-4-2)20-16(19)14-11-7-6-10-13(14)15(17)18/h2,6-7,10-12H,3,5,8-9H2,1H3,(H,17,18)/t12-/m1/s1. The number of esters is 1. The van der Waals surface area contributed by atoms with E-state index in [1.165, 1.54) is 12.1 Å². The Morgan fingerprint density at radius 1 is 1.35 bits per heavy atom. The van der Waals surface area contributed by atoms with Crippen LogP contribution in [0.2, 0.25) is 0 Å². The summed E-state index contributed by atoms with van der Waals surface area (Å²) in [4.78, 5) is 23.1. The molecule has 1 atom stereocenters. The summed E-state index contributed by atoms with van der Waals surface area (Å²) in [5.74, 6) is 0.685. The monoisotopic (exact) mass is 274 g/mol. The molecule has 1 N–H and O–H groups in total. The summed E-state index contributed by atoms with van der Waals surface area (Å²) in [5, 5.41) is 9.05. The molecule has 0 bridgehead atoms. The van der Waals surface area contributed by atoms with Crippen molar-refractivity contribution in [2.75, 3.05) is 0 Å². The molecule has 0 amide bonds. The Bertz CT molecular complexity index is 513. The summed E-state index contributed by atoms with van der Waals surface area (Å²) in [5.41, 5.74) is -0.00836. The van der Waals surface area contributed by atoms with Crippen LogP contribution in [0.15, 0.2) is 24.3 Å². The van der Waals surface area contributed by atoms with E-state index in [4.69, 9.17) is 16.3 Å². The number of terminal acetylenes is 1. The molecule has 0 aliphatic rings. The van der Waals surface area contributed by atoms with Crippen molar-refractivity contribution in [3.05, 3.63) is 35.4 Å². The number of carbonyl (C=O) groups is 2. The molecule has 4 nitrogen and oxygen atoms in total. The predicted octanol–water partition coefficient (Wildman–Crippen LogP) is 3.12. The zero-order valence-electron chi connectivity index (χ0n) is 11.5. The number of carboxylic acid groups (broad SMARTS) is 1. The van der Waals surface area contributed by atoms with Crippen LogP contribution in [-0.4, -0.2) is 23.1 Å². The van der Waals surface area contributed by atoms with Gasteiger partial charge >= 0.3 is 11.9 Å². The van der Waals surface area contributed by atoms with E-state index in [-0.39, 0.29) is 17.2 Å². The molecule has 0 fully saturated rings. The van der Waals surface area contributed by atoms with Crippen LogP contribution in [0, 0.1) is 12.3 Å². The van der Waals surface area contributed by atoms with E-state index in [0.717, 1.165) is 12.8 Å². The quantitative estimate of drug-likeness (QED) is 0.613. The van der Waals surface area contributed by atoms with Gasteiger partial charge in [0.2, 0.25) is 0 Å². The maximum absolute atomic E-state index is 12.1. The van der Waals surface area contributed by atoms with Crippen molar-refractivity contribution in [2.45, 2.75) is 38.7 Å². The normalized spacial score (nSPS) is 11.4. The third-order valence-corrected chi connectivity index (χ3v) is 2.88. The highest BCUT2D eigenvalue weighted by Gasteiger charge is 2.20. The molecule has 0 aliphatic heterocycles. The number of benzene rings is 1. The molecule has 0 saturated carbocycles. The number of unbranched alkanes of at least 4 members (excludes halogenated alkanes) is 1. The molecular weight excluding hydrogens is 256 g/mol. The lowest BCUT2D eigenvalue weighted by atomic mass is 10.1. The van der Waals surface area contributed by atoms with E-state index in [2.05, 4.69) is 5.92 Å². The lowest BCUT2D eigenvalue weighted by Crippen LogP contribution is -2.20. The summed E-state index contributed by atoms with van der Waals surface area (Å²) in [6.07, 6.45) is 7.79. The van der Waals surface area contributed by atoms with Crippen LogP contribution in [0.25, 0.3) is 0 Å². The number of aromatic carboxylic acids is 1. The fraction of sp³-hybridized carbons (Fsp3) is 0.375. The average molecular weight is 274 g/mol. The molecule has 4 heteroatoms. The van der Waals surface area contributed by atoms with Crippen LogP contribution in [0.3, 0.4) is 0 Å². The van der Waals surface area contributed by atoms with Crippen LogP contribution in [0.4, 0.5) is 0 Å². The maximum atomic E-state index is 12.1. The van der Waals surface area contributed by atoms with E-state index < -0.39 is 11.9 Å². The lowest BCUT2D eigenvalue weighted by Gasteiger charge is -2.16. The molecule has 0 aromatic heterocycles. The van der Waals surface area contributed by atoms with Gasteiger partial charge in [0, 0.05) is 6.42 Å². The molecule has 0 unspecified atom stereocenters. The molecule has 1 aromatic rings. The van der Waals surface area contributed by atoms with Crippen molar-refractivity contribution < 1.29 is 19.4 Å². The second kappa shape index (κ2) is 8.00. The Labute approximate surface area is 118 Å². The van der Waals surface area contributed by atoms with Gasteiger partial charge < -0.3 is 9.84 Å². The third-order valence-electron chi connectivity index (χ3n) is 2.88. The van der Waals surface area contributed by atoms with E-state index in [1.54, 1.807) is 12.1 Å². The van der Waals surface area contributed by atoms with Gasteiger partial charge in [-0.15, -0.1) is 12.3 Å². The first-order valence-corrected chi connectivity index (χ1v) is 6.56. The third kappa shape index (κ3) is 4.43. The van der Waals surface area contributed by atoms with Crippen LogP contribution in [0.1, 0.15) is 53.3 Å². The molecule has 0 spiro atoms. The van der Waals surface area contributed by atoms with Gasteiger partial charge in [-0.2, -0.15) is 0 Å². The highest BCUT2D eigenvalue weighted by atomic mass is 16.5. The zero-order valence-corrected chi connectivity index (χ0v) is 11.5. The summed E-state index contributed by atoms with van der Waals surface area (Å²) >= 11 is 0. The van der Waals surface area contributed by atoms with Gasteiger partial charge in [-0.25, -0.2) is 9.59 Å². The van der Waals surface area contributed by atoms with Crippen molar-refractivity contribution in [3.63, 3.8) is 0 Å². The minimum absolute atomic E-state index is 0.0542. The maximum Gasteiger partial charge on any atom is 0.339 e. The number of rotatable bonds is 7. The Hall–Kier alpha value is -2.28. The average Bonchev–Trinajstić information content (AvgIpc) is 2.44. The van der Waals surface area contributed by atoms with Crippen LogP contribution in [-0.2, 0) is 4.74 Å². The zero-order chi connectivity index (χ0) is 15.0. The number of carboxylic acids is 1. The first-order valence-electron chi connectivity index (χ1n) is 6.56. The van der Waals surface area contributed by atoms with Gasteiger partial charge in [0.1, 0.15) is 6.10 Å². The number of ether oxygens (including phenoxy) is 1. The molecule has 1 aromatic carbocycles. The van der Waals surface area contributed by atoms with E-state index in [0.29, 0.717) is 12.8 Å². The van der Waals surface area contributed by atoms with Gasteiger partial charge in [-0.1, -0.05) is 31.9 Å². The van der Waals surface area contributed by atoms with Gasteiger partial charge in [0.15, 0.2) is 0 Å². The Morgan fingerprint density at radius 2 is 2.00 bits per heavy atom. The van der Waals surface area contributed by atoms with Crippen molar-refractivity contribution in [1.29, 1.82) is 0 Å². The van der Waals surface area contributed by atoms with Crippen LogP contribution >= 0.6 is 0 Å². The smallest absolute Gasteiger partial charge is 0.339 e. The molecule has 20 heavy (non-hydrogen) atoms. The van der Waals surface area contributed by atoms with Crippen molar-refractivity contribution in [3.8, 4) is 12.3 Å². The summed E-state index contributed by atoms with van der Waals surface area (Å²) < 4.78 is 5.33. The Balaban J connectivity index is 2.84. The number of hydrogen-bond acceptors (Lipinski definition) is 3. The Kier molecular flexibility index (Phi) is 6.31. The Morgan fingerprint density at radius 3 is 2.55 bits per heavy atom. The largest absolute Gasteiger partial charge is 0.478 e. The fourth-order valence-corrected chi connectivity index (χ4v) is 1.83. The summed E-state index contributed by atoms with van der Waals surface area (Å²) in [6.45, 7) is 2.04. The molecule has 0 heterocycles. The van der Waals surface area contributed by atoms with Gasteiger partial charge in [0.25, 0.3) is 0 Å². The fourth-order valence-electron chi connectivity index (χ4n) is 1.83. The lowest BCUT2D eigenvalue weighted by molar-refractivity contribution is 0.0284. The first kappa shape index (κ1) is 15.8. The molecule has 0 aliphatic carbocycles. The SMILES string of the molecule is C#CC[C@H](CCCC)OC(=O)c1ccccc1C(=O)O. The van der Waals surface area contributed by atoms with Gasteiger partial charge in [-0.3, -0.25) is 0 Å². The van der Waals surface area contributed by atoms with Crippen molar-refractivity contribution in [1.82, 2.24) is 0 Å². The van der Waals surface area contributed by atoms with Crippen molar-refractivity contribution in [2.24, 2.45) is 0 Å². The molecule has 106 valence electrons. The molecule has 0 saturated heterocycles. The number of carbonyl (C=O) groups excluding carboxylic acids is 1. The predicted molar refractivity (Wildman–Crippen MR) is 75.6 cm³/mol. The van der Waals surface area contributed by atoms with Crippen LogP contribution < -0.4 is 0 Å². The van der Waals surface area contributed by atoms with Crippen molar-refractivity contribution >= 4 is 11.9 Å². The minimum atomic E-state index is -1.15. The molecule has 1 rings (SSSR count). The second-order valence-corrected chi connectivity index (χ2v) is 4.43. The van der Waals surface area contributed by atoms with Gasteiger partial charge in [-0.05, 0) is 18.6 Å². The second-order valence-electron chi connectivity index (χ2n) is 4.43. The summed E-state index contributed by atoms with van der Waals surface area (Å²) in [6, 6.07) is 5.99. The first-order chi connectivity index (χ1) is 9.60. The topological polar surface area (TPSA) is 63.6 Å². The molecular formula is C16H18O4. The van der Waals surface area contributed by atoms with Crippen LogP contribution in [0.5, 0.6) is 0 Å². The van der Waals surface area contributed by atoms with E-state index >= 15 is 0 Å². The van der Waals surface area contributed by atoms with Gasteiger partial charge in [0.05, 0.1) is 11.1 Å². The molecule has 0 radical (unpaired) electrons. The minimum Gasteiger partial charge on any atom is -0.478 e. The van der Waals surface area contributed by atoms with E-state index in [1.807, 2.05) is 6.92 Å². The highest BCUT2D eigenvalue weighted by Crippen LogP contribution is 2.15. The summed E-state index contributed by atoms with van der Waals surface area (Å²) in [7, 11) is 0.